The van der Waals surface area contributed by atoms with E-state index in [9.17, 15) is 0 Å². The monoisotopic (exact) mass is 227 g/mol. The highest BCUT2D eigenvalue weighted by Crippen LogP contribution is 1.98. The number of methoxy groups -OCH3 is 1. The van der Waals surface area contributed by atoms with Gasteiger partial charge in [-0.1, -0.05) is 19.9 Å². The molecule has 0 rings (SSSR count). The summed E-state index contributed by atoms with van der Waals surface area (Å²) >= 11 is 0. The average Bonchev–Trinajstić information content (AvgIpc) is 2.25. The van der Waals surface area contributed by atoms with Gasteiger partial charge in [-0.25, -0.2) is 0 Å². The van der Waals surface area contributed by atoms with Crippen molar-refractivity contribution in [1.29, 1.82) is 0 Å². The van der Waals surface area contributed by atoms with Crippen LogP contribution in [0.4, 0.5) is 0 Å². The molecule has 0 fully saturated rings. The molecular weight excluding hydrogens is 202 g/mol. The molecule has 0 heterocycles. The van der Waals surface area contributed by atoms with Gasteiger partial charge in [-0.2, -0.15) is 0 Å². The first kappa shape index (κ1) is 15.0. The number of nitrogens with one attached hydrogen (secondary N) is 2. The second kappa shape index (κ2) is 10.5. The fourth-order valence-electron chi connectivity index (χ4n) is 1.05. The van der Waals surface area contributed by atoms with Crippen molar-refractivity contribution >= 4 is 5.96 Å². The van der Waals surface area contributed by atoms with Gasteiger partial charge < -0.3 is 15.4 Å². The molecule has 0 spiro atoms. The fourth-order valence-corrected chi connectivity index (χ4v) is 1.05. The molecule has 2 N–H and O–H groups in total. The van der Waals surface area contributed by atoms with E-state index >= 15 is 0 Å². The fraction of sp³-hybridized carbons (Fsp3) is 0.750. The minimum atomic E-state index is 0.680. The van der Waals surface area contributed by atoms with Gasteiger partial charge >= 0.3 is 0 Å². The Morgan fingerprint density at radius 1 is 1.44 bits per heavy atom. The second-order valence-electron chi connectivity index (χ2n) is 4.00. The van der Waals surface area contributed by atoms with E-state index < -0.39 is 0 Å². The minimum Gasteiger partial charge on any atom is -0.383 e. The van der Waals surface area contributed by atoms with Crippen LogP contribution in [0.3, 0.4) is 0 Å². The normalized spacial score (nSPS) is 11.6. The maximum atomic E-state index is 4.97. The van der Waals surface area contributed by atoms with Crippen LogP contribution in [-0.2, 0) is 4.74 Å². The third kappa shape index (κ3) is 9.52. The first-order chi connectivity index (χ1) is 7.70. The molecule has 0 saturated carbocycles. The van der Waals surface area contributed by atoms with Gasteiger partial charge in [-0.15, -0.1) is 6.58 Å². The molecule has 4 nitrogen and oxygen atoms in total. The quantitative estimate of drug-likeness (QED) is 0.285. The molecule has 16 heavy (non-hydrogen) atoms. The highest BCUT2D eigenvalue weighted by atomic mass is 16.5. The molecule has 0 aliphatic carbocycles. The zero-order chi connectivity index (χ0) is 12.2. The molecule has 0 aromatic heterocycles. The van der Waals surface area contributed by atoms with Crippen molar-refractivity contribution < 1.29 is 4.74 Å². The van der Waals surface area contributed by atoms with Crippen LogP contribution in [0.2, 0.25) is 0 Å². The Hall–Kier alpha value is -1.03. The summed E-state index contributed by atoms with van der Waals surface area (Å²) in [4.78, 5) is 4.46. The molecular formula is C12H25N3O. The van der Waals surface area contributed by atoms with E-state index in [-0.39, 0.29) is 0 Å². The summed E-state index contributed by atoms with van der Waals surface area (Å²) in [5.74, 6) is 1.51. The molecule has 94 valence electrons. The molecule has 0 amide bonds. The standard InChI is InChI=1S/C12H25N3O/c1-5-7-13-12(15-9-10-16-4)14-8-6-11(2)3/h5,11H,1,6-10H2,2-4H3,(H2,13,14,15). The Kier molecular flexibility index (Phi) is 9.81. The number of hydrogen-bond acceptors (Lipinski definition) is 2. The van der Waals surface area contributed by atoms with Crippen molar-refractivity contribution in [2.75, 3.05) is 33.4 Å². The Balaban J connectivity index is 3.91. The lowest BCUT2D eigenvalue weighted by Gasteiger charge is -2.11. The van der Waals surface area contributed by atoms with Gasteiger partial charge in [0, 0.05) is 26.7 Å². The van der Waals surface area contributed by atoms with Crippen LogP contribution in [0.25, 0.3) is 0 Å². The Morgan fingerprint density at radius 3 is 2.75 bits per heavy atom. The third-order valence-corrected chi connectivity index (χ3v) is 1.99. The topological polar surface area (TPSA) is 45.7 Å². The predicted octanol–water partition coefficient (Wildman–Crippen LogP) is 1.40. The van der Waals surface area contributed by atoms with Gasteiger partial charge in [0.25, 0.3) is 0 Å². The van der Waals surface area contributed by atoms with Gasteiger partial charge in [-0.05, 0) is 12.3 Å². The van der Waals surface area contributed by atoms with Crippen LogP contribution in [-0.4, -0.2) is 39.3 Å². The molecule has 0 aliphatic rings. The van der Waals surface area contributed by atoms with Crippen molar-refractivity contribution in [2.45, 2.75) is 20.3 Å². The Labute approximate surface area is 99.2 Å². The molecule has 4 heteroatoms. The van der Waals surface area contributed by atoms with E-state index in [1.165, 1.54) is 0 Å². The second-order valence-corrected chi connectivity index (χ2v) is 4.00. The molecule has 0 saturated heterocycles. The molecule has 0 aromatic carbocycles. The summed E-state index contributed by atoms with van der Waals surface area (Å²) in [6.45, 7) is 11.1. The van der Waals surface area contributed by atoms with Crippen LogP contribution < -0.4 is 10.6 Å². The maximum Gasteiger partial charge on any atom is 0.191 e. The average molecular weight is 227 g/mol. The molecule has 0 radical (unpaired) electrons. The van der Waals surface area contributed by atoms with Crippen molar-refractivity contribution in [2.24, 2.45) is 10.9 Å². The van der Waals surface area contributed by atoms with E-state index in [0.29, 0.717) is 12.5 Å². The van der Waals surface area contributed by atoms with Crippen LogP contribution >= 0.6 is 0 Å². The Morgan fingerprint density at radius 2 is 2.19 bits per heavy atom. The lowest BCUT2D eigenvalue weighted by Crippen LogP contribution is -2.39. The number of rotatable bonds is 8. The van der Waals surface area contributed by atoms with Gasteiger partial charge in [0.2, 0.25) is 0 Å². The van der Waals surface area contributed by atoms with E-state index in [4.69, 9.17) is 4.74 Å². The SMILES string of the molecule is C=CCNC(=NCCC(C)C)NCCOC. The summed E-state index contributed by atoms with van der Waals surface area (Å²) in [5, 5.41) is 6.36. The summed E-state index contributed by atoms with van der Waals surface area (Å²) in [6.07, 6.45) is 2.92. The summed E-state index contributed by atoms with van der Waals surface area (Å²) in [5.41, 5.74) is 0. The summed E-state index contributed by atoms with van der Waals surface area (Å²) < 4.78 is 4.97. The smallest absolute Gasteiger partial charge is 0.191 e. The van der Waals surface area contributed by atoms with Crippen LogP contribution in [0.15, 0.2) is 17.6 Å². The van der Waals surface area contributed by atoms with E-state index in [0.717, 1.165) is 32.0 Å². The van der Waals surface area contributed by atoms with Crippen molar-refractivity contribution in [3.05, 3.63) is 12.7 Å². The largest absolute Gasteiger partial charge is 0.383 e. The summed E-state index contributed by atoms with van der Waals surface area (Å²) in [6, 6.07) is 0. The highest BCUT2D eigenvalue weighted by Gasteiger charge is 1.97. The number of guanidine groups is 1. The van der Waals surface area contributed by atoms with Crippen molar-refractivity contribution in [3.8, 4) is 0 Å². The molecule has 0 unspecified atom stereocenters. The maximum absolute atomic E-state index is 4.97. The van der Waals surface area contributed by atoms with Crippen LogP contribution in [0, 0.1) is 5.92 Å². The van der Waals surface area contributed by atoms with E-state index in [1.807, 2.05) is 6.08 Å². The number of hydrogen-bond donors (Lipinski definition) is 2. The summed E-state index contributed by atoms with van der Waals surface area (Å²) in [7, 11) is 1.69. The lowest BCUT2D eigenvalue weighted by molar-refractivity contribution is 0.203. The van der Waals surface area contributed by atoms with Crippen LogP contribution in [0.5, 0.6) is 0 Å². The van der Waals surface area contributed by atoms with Gasteiger partial charge in [0.05, 0.1) is 6.61 Å². The van der Waals surface area contributed by atoms with E-state index in [1.54, 1.807) is 7.11 Å². The molecule has 0 bridgehead atoms. The lowest BCUT2D eigenvalue weighted by atomic mass is 10.1. The zero-order valence-corrected chi connectivity index (χ0v) is 10.8. The zero-order valence-electron chi connectivity index (χ0n) is 10.8. The first-order valence-electron chi connectivity index (χ1n) is 5.82. The van der Waals surface area contributed by atoms with Crippen LogP contribution in [0.1, 0.15) is 20.3 Å². The highest BCUT2D eigenvalue weighted by molar-refractivity contribution is 5.79. The van der Waals surface area contributed by atoms with Crippen molar-refractivity contribution in [1.82, 2.24) is 10.6 Å². The predicted molar refractivity (Wildman–Crippen MR) is 69.8 cm³/mol. The number of nitrogens with zero attached hydrogens (tertiary/aromatic N) is 1. The number of ether oxygens (including phenoxy) is 1. The minimum absolute atomic E-state index is 0.680. The molecule has 0 aromatic rings. The third-order valence-electron chi connectivity index (χ3n) is 1.99. The van der Waals surface area contributed by atoms with Gasteiger partial charge in [-0.3, -0.25) is 4.99 Å². The van der Waals surface area contributed by atoms with Gasteiger partial charge in [0.15, 0.2) is 5.96 Å². The van der Waals surface area contributed by atoms with E-state index in [2.05, 4.69) is 36.1 Å². The molecule has 0 atom stereocenters. The van der Waals surface area contributed by atoms with Crippen molar-refractivity contribution in [3.63, 3.8) is 0 Å². The Bertz CT molecular complexity index is 202. The number of aliphatic imine (C=N–C) groups is 1. The van der Waals surface area contributed by atoms with Gasteiger partial charge in [0.1, 0.15) is 0 Å². The molecule has 0 aliphatic heterocycles. The first-order valence-corrected chi connectivity index (χ1v) is 5.82.